The minimum absolute atomic E-state index is 0.0856. The molecule has 0 heterocycles. The molecule has 0 aliphatic carbocycles. The van der Waals surface area contributed by atoms with E-state index in [1.807, 2.05) is 0 Å². The second-order valence-electron chi connectivity index (χ2n) is 5.12. The fourth-order valence-corrected chi connectivity index (χ4v) is 3.16. The first-order valence-corrected chi connectivity index (χ1v) is 8.92. The van der Waals surface area contributed by atoms with Crippen molar-refractivity contribution in [2.75, 3.05) is 19.5 Å². The summed E-state index contributed by atoms with van der Waals surface area (Å²) in [5, 5.41) is 0. The monoisotopic (exact) mass is 363 g/mol. The zero-order valence-corrected chi connectivity index (χ0v) is 14.3. The van der Waals surface area contributed by atoms with Crippen molar-refractivity contribution in [3.05, 3.63) is 59.7 Å². The molecule has 2 N–H and O–H groups in total. The van der Waals surface area contributed by atoms with Gasteiger partial charge in [0.15, 0.2) is 9.84 Å². The van der Waals surface area contributed by atoms with Crippen LogP contribution in [0.15, 0.2) is 53.4 Å². The quantitative estimate of drug-likeness (QED) is 0.588. The highest BCUT2D eigenvalue weighted by Gasteiger charge is 2.16. The summed E-state index contributed by atoms with van der Waals surface area (Å²) in [5.74, 6) is -1.29. The number of hydrogen-bond acceptors (Lipinski definition) is 6. The van der Waals surface area contributed by atoms with E-state index < -0.39 is 21.7 Å². The lowest BCUT2D eigenvalue weighted by Crippen LogP contribution is -2.13. The second-order valence-corrected chi connectivity index (χ2v) is 7.23. The van der Waals surface area contributed by atoms with Gasteiger partial charge in [0, 0.05) is 12.7 Å². The number of carbonyl (C=O) groups excluding carboxylic acids is 2. The van der Waals surface area contributed by atoms with Crippen molar-refractivity contribution in [1.29, 1.82) is 0 Å². The van der Waals surface area contributed by atoms with Crippen molar-refractivity contribution in [1.82, 2.24) is 0 Å². The van der Waals surface area contributed by atoms with Crippen LogP contribution in [0.3, 0.4) is 0 Å². The Morgan fingerprint density at radius 2 is 1.72 bits per heavy atom. The van der Waals surface area contributed by atoms with Gasteiger partial charge in [0.1, 0.15) is 5.75 Å². The van der Waals surface area contributed by atoms with Gasteiger partial charge in [0.25, 0.3) is 0 Å². The maximum Gasteiger partial charge on any atom is 0.343 e. The highest BCUT2D eigenvalue weighted by Crippen LogP contribution is 2.17. The van der Waals surface area contributed by atoms with Gasteiger partial charge in [-0.15, -0.1) is 0 Å². The summed E-state index contributed by atoms with van der Waals surface area (Å²) in [4.78, 5) is 23.3. The Hall–Kier alpha value is -2.71. The largest absolute Gasteiger partial charge is 0.423 e. The van der Waals surface area contributed by atoms with Crippen molar-refractivity contribution < 1.29 is 27.5 Å². The molecular weight excluding hydrogens is 346 g/mol. The average Bonchev–Trinajstić information content (AvgIpc) is 2.60. The van der Waals surface area contributed by atoms with Crippen molar-refractivity contribution >= 4 is 21.7 Å². The van der Waals surface area contributed by atoms with E-state index in [9.17, 15) is 18.0 Å². The Morgan fingerprint density at radius 1 is 1.04 bits per heavy atom. The van der Waals surface area contributed by atoms with Crippen molar-refractivity contribution in [3.63, 3.8) is 0 Å². The summed E-state index contributed by atoms with van der Waals surface area (Å²) in [6.45, 7) is 0.0856. The maximum absolute atomic E-state index is 12.1. The molecule has 8 heteroatoms. The van der Waals surface area contributed by atoms with Crippen LogP contribution in [0, 0.1) is 0 Å². The fraction of sp³-hybridized carbons (Fsp3) is 0.176. The number of hydrogen-bond donors (Lipinski definition) is 1. The molecule has 0 spiro atoms. The number of esters is 1. The molecule has 1 amide bonds. The molecule has 25 heavy (non-hydrogen) atoms. The van der Waals surface area contributed by atoms with Crippen LogP contribution in [0.2, 0.25) is 0 Å². The molecule has 0 aliphatic rings. The normalized spacial score (nSPS) is 11.1. The molecule has 0 fully saturated rings. The van der Waals surface area contributed by atoms with Gasteiger partial charge in [0.05, 0.1) is 22.8 Å². The van der Waals surface area contributed by atoms with Crippen LogP contribution in [-0.4, -0.2) is 39.8 Å². The van der Waals surface area contributed by atoms with Gasteiger partial charge >= 0.3 is 5.97 Å². The fourth-order valence-electron chi connectivity index (χ4n) is 1.99. The third kappa shape index (κ3) is 4.88. The van der Waals surface area contributed by atoms with Crippen LogP contribution < -0.4 is 10.5 Å². The van der Waals surface area contributed by atoms with Gasteiger partial charge in [0.2, 0.25) is 5.91 Å². The minimum Gasteiger partial charge on any atom is -0.423 e. The number of methoxy groups -OCH3 is 1. The van der Waals surface area contributed by atoms with Crippen LogP contribution in [0.4, 0.5) is 0 Å². The van der Waals surface area contributed by atoms with Crippen molar-refractivity contribution in [3.8, 4) is 5.75 Å². The smallest absolute Gasteiger partial charge is 0.343 e. The lowest BCUT2D eigenvalue weighted by atomic mass is 10.2. The van der Waals surface area contributed by atoms with Crippen LogP contribution in [0.5, 0.6) is 5.75 Å². The predicted molar refractivity (Wildman–Crippen MR) is 90.3 cm³/mol. The van der Waals surface area contributed by atoms with Crippen molar-refractivity contribution in [2.45, 2.75) is 4.90 Å². The third-order valence-corrected chi connectivity index (χ3v) is 5.03. The van der Waals surface area contributed by atoms with Crippen LogP contribution in [-0.2, 0) is 14.6 Å². The molecule has 0 bridgehead atoms. The molecule has 0 saturated heterocycles. The molecule has 2 aromatic carbocycles. The van der Waals surface area contributed by atoms with Crippen molar-refractivity contribution in [2.24, 2.45) is 5.73 Å². The first-order valence-electron chi connectivity index (χ1n) is 7.27. The van der Waals surface area contributed by atoms with E-state index in [2.05, 4.69) is 0 Å². The minimum atomic E-state index is -3.47. The number of amides is 1. The third-order valence-electron chi connectivity index (χ3n) is 3.33. The van der Waals surface area contributed by atoms with Gasteiger partial charge in [-0.1, -0.05) is 6.07 Å². The molecule has 0 unspecified atom stereocenters. The van der Waals surface area contributed by atoms with Crippen LogP contribution in [0.1, 0.15) is 20.7 Å². The molecular formula is C17H17NO6S. The number of carbonyl (C=O) groups is 2. The number of primary amides is 1. The Balaban J connectivity index is 2.13. The SMILES string of the molecule is COCCS(=O)(=O)c1ccc(C(=O)Oc2cccc(C(N)=O)c2)cc1. The standard InChI is InChI=1S/C17H17NO6S/c1-23-9-10-25(21,22)15-7-5-12(6-8-15)17(20)24-14-4-2-3-13(11-14)16(18)19/h2-8,11H,9-10H2,1H3,(H2,18,19). The molecule has 132 valence electrons. The summed E-state index contributed by atoms with van der Waals surface area (Å²) >= 11 is 0. The molecule has 2 aromatic rings. The van der Waals surface area contributed by atoms with Gasteiger partial charge < -0.3 is 15.2 Å². The molecule has 0 saturated carbocycles. The van der Waals surface area contributed by atoms with E-state index in [4.69, 9.17) is 15.2 Å². The topological polar surface area (TPSA) is 113 Å². The van der Waals surface area contributed by atoms with E-state index in [1.54, 1.807) is 0 Å². The number of sulfone groups is 1. The highest BCUT2D eigenvalue weighted by molar-refractivity contribution is 7.91. The zero-order valence-electron chi connectivity index (χ0n) is 13.5. The number of ether oxygens (including phenoxy) is 2. The lowest BCUT2D eigenvalue weighted by Gasteiger charge is -2.07. The summed E-state index contributed by atoms with van der Waals surface area (Å²) in [7, 11) is -2.05. The van der Waals surface area contributed by atoms with Gasteiger partial charge in [-0.2, -0.15) is 0 Å². The highest BCUT2D eigenvalue weighted by atomic mass is 32.2. The Morgan fingerprint density at radius 3 is 2.32 bits per heavy atom. The predicted octanol–water partition coefficient (Wildman–Crippen LogP) is 1.42. The summed E-state index contributed by atoms with van der Waals surface area (Å²) < 4.78 is 34.0. The summed E-state index contributed by atoms with van der Waals surface area (Å²) in [6.07, 6.45) is 0. The van der Waals surface area contributed by atoms with Gasteiger partial charge in [-0.3, -0.25) is 4.79 Å². The Kier molecular flexibility index (Phi) is 5.89. The molecule has 0 atom stereocenters. The zero-order chi connectivity index (χ0) is 18.4. The average molecular weight is 363 g/mol. The number of benzene rings is 2. The molecule has 0 radical (unpaired) electrons. The Labute approximate surface area is 145 Å². The van der Waals surface area contributed by atoms with Gasteiger partial charge in [-0.05, 0) is 42.5 Å². The lowest BCUT2D eigenvalue weighted by molar-refractivity contribution is 0.0733. The van der Waals surface area contributed by atoms with E-state index in [0.29, 0.717) is 0 Å². The van der Waals surface area contributed by atoms with Crippen LogP contribution >= 0.6 is 0 Å². The van der Waals surface area contributed by atoms with E-state index in [-0.39, 0.29) is 34.1 Å². The maximum atomic E-state index is 12.1. The van der Waals surface area contributed by atoms with E-state index >= 15 is 0 Å². The molecule has 7 nitrogen and oxygen atoms in total. The summed E-state index contributed by atoms with van der Waals surface area (Å²) in [6, 6.07) is 11.3. The first kappa shape index (κ1) is 18.6. The second kappa shape index (κ2) is 7.91. The summed E-state index contributed by atoms with van der Waals surface area (Å²) in [5.41, 5.74) is 5.56. The van der Waals surface area contributed by atoms with E-state index in [1.165, 1.54) is 55.6 Å². The Bertz CT molecular complexity index is 874. The molecule has 2 rings (SSSR count). The number of rotatable bonds is 7. The number of nitrogens with two attached hydrogens (primary N) is 1. The van der Waals surface area contributed by atoms with Gasteiger partial charge in [-0.25, -0.2) is 13.2 Å². The van der Waals surface area contributed by atoms with Crippen LogP contribution in [0.25, 0.3) is 0 Å². The molecule has 0 aliphatic heterocycles. The first-order chi connectivity index (χ1) is 11.8. The molecule has 0 aromatic heterocycles. The van der Waals surface area contributed by atoms with E-state index in [0.717, 1.165) is 0 Å².